The lowest BCUT2D eigenvalue weighted by Gasteiger charge is -2.31. The molecule has 1 aromatic carbocycles. The van der Waals surface area contributed by atoms with Crippen LogP contribution in [0.5, 0.6) is 0 Å². The summed E-state index contributed by atoms with van der Waals surface area (Å²) in [6.45, 7) is 7.86. The zero-order chi connectivity index (χ0) is 17.8. The SMILES string of the molecule is CC(C)N(/C(N)=N/C(N)=Nc1ccc(C(F)(F)F)cc1)C(C)C. The van der Waals surface area contributed by atoms with Gasteiger partial charge >= 0.3 is 6.18 Å². The maximum atomic E-state index is 12.5. The Bertz CT molecular complexity index is 566. The van der Waals surface area contributed by atoms with Crippen molar-refractivity contribution < 1.29 is 13.2 Å². The Morgan fingerprint density at radius 1 is 1.00 bits per heavy atom. The standard InChI is InChI=1S/C15H22F3N5/c1-9(2)23(10(3)4)14(20)22-13(19)21-12-7-5-11(6-8-12)15(16,17)18/h5-10H,1-4H3,(H4,19,20,21,22). The summed E-state index contributed by atoms with van der Waals surface area (Å²) in [5.74, 6) is 0.0942. The van der Waals surface area contributed by atoms with E-state index in [0.29, 0.717) is 0 Å². The van der Waals surface area contributed by atoms with Gasteiger partial charge in [-0.2, -0.15) is 18.2 Å². The minimum Gasteiger partial charge on any atom is -0.369 e. The zero-order valence-corrected chi connectivity index (χ0v) is 13.6. The summed E-state index contributed by atoms with van der Waals surface area (Å²) in [5.41, 5.74) is 11.1. The topological polar surface area (TPSA) is 80.0 Å². The first-order valence-corrected chi connectivity index (χ1v) is 7.16. The molecular formula is C15H22F3N5. The largest absolute Gasteiger partial charge is 0.416 e. The van der Waals surface area contributed by atoms with Crippen molar-refractivity contribution in [3.8, 4) is 0 Å². The second kappa shape index (κ2) is 7.34. The van der Waals surface area contributed by atoms with Gasteiger partial charge in [-0.1, -0.05) is 0 Å². The van der Waals surface area contributed by atoms with Gasteiger partial charge in [0, 0.05) is 12.1 Å². The number of hydrogen-bond donors (Lipinski definition) is 2. The van der Waals surface area contributed by atoms with Crippen molar-refractivity contribution in [3.63, 3.8) is 0 Å². The molecule has 0 saturated heterocycles. The minimum atomic E-state index is -4.38. The van der Waals surface area contributed by atoms with Crippen LogP contribution in [0, 0.1) is 0 Å². The molecule has 0 amide bonds. The Morgan fingerprint density at radius 3 is 1.87 bits per heavy atom. The summed E-state index contributed by atoms with van der Waals surface area (Å²) in [6.07, 6.45) is -4.38. The number of hydrogen-bond acceptors (Lipinski definition) is 1. The van der Waals surface area contributed by atoms with Gasteiger partial charge in [-0.15, -0.1) is 0 Å². The Morgan fingerprint density at radius 2 is 1.48 bits per heavy atom. The molecule has 0 aliphatic heterocycles. The molecule has 0 saturated carbocycles. The van der Waals surface area contributed by atoms with Gasteiger partial charge in [0.2, 0.25) is 5.96 Å². The molecule has 23 heavy (non-hydrogen) atoms. The molecule has 4 N–H and O–H groups in total. The molecule has 0 aliphatic rings. The van der Waals surface area contributed by atoms with Crippen molar-refractivity contribution in [1.82, 2.24) is 4.90 Å². The van der Waals surface area contributed by atoms with Crippen LogP contribution >= 0.6 is 0 Å². The third kappa shape index (κ3) is 5.46. The highest BCUT2D eigenvalue weighted by Crippen LogP contribution is 2.30. The third-order valence-corrected chi connectivity index (χ3v) is 3.04. The molecule has 0 radical (unpaired) electrons. The first kappa shape index (κ1) is 18.8. The van der Waals surface area contributed by atoms with E-state index in [2.05, 4.69) is 9.98 Å². The zero-order valence-electron chi connectivity index (χ0n) is 13.6. The lowest BCUT2D eigenvalue weighted by atomic mass is 10.2. The predicted molar refractivity (Wildman–Crippen MR) is 86.5 cm³/mol. The van der Waals surface area contributed by atoms with Gasteiger partial charge < -0.3 is 16.4 Å². The van der Waals surface area contributed by atoms with E-state index in [-0.39, 0.29) is 29.7 Å². The minimum absolute atomic E-state index is 0.117. The van der Waals surface area contributed by atoms with E-state index in [1.54, 1.807) is 0 Å². The molecular weight excluding hydrogens is 307 g/mol. The van der Waals surface area contributed by atoms with Crippen LogP contribution in [0.3, 0.4) is 0 Å². The first-order valence-electron chi connectivity index (χ1n) is 7.16. The van der Waals surface area contributed by atoms with E-state index in [1.807, 2.05) is 32.6 Å². The number of nitrogens with zero attached hydrogens (tertiary/aromatic N) is 3. The molecule has 128 valence electrons. The summed E-state index contributed by atoms with van der Waals surface area (Å²) in [4.78, 5) is 9.82. The highest BCUT2D eigenvalue weighted by atomic mass is 19.4. The fourth-order valence-corrected chi connectivity index (χ4v) is 2.18. The van der Waals surface area contributed by atoms with Crippen molar-refractivity contribution in [2.75, 3.05) is 0 Å². The average Bonchev–Trinajstić information content (AvgIpc) is 2.36. The predicted octanol–water partition coefficient (Wildman–Crippen LogP) is 3.09. The summed E-state index contributed by atoms with van der Waals surface area (Å²) >= 11 is 0. The van der Waals surface area contributed by atoms with Crippen molar-refractivity contribution in [3.05, 3.63) is 29.8 Å². The van der Waals surface area contributed by atoms with Gasteiger partial charge in [0.15, 0.2) is 5.96 Å². The van der Waals surface area contributed by atoms with Crippen LogP contribution in [-0.2, 0) is 6.18 Å². The quantitative estimate of drug-likeness (QED) is 0.660. The molecule has 1 rings (SSSR count). The van der Waals surface area contributed by atoms with E-state index >= 15 is 0 Å². The molecule has 0 aromatic heterocycles. The maximum Gasteiger partial charge on any atom is 0.416 e. The van der Waals surface area contributed by atoms with Gasteiger partial charge in [0.05, 0.1) is 11.3 Å². The lowest BCUT2D eigenvalue weighted by molar-refractivity contribution is -0.137. The molecule has 8 heteroatoms. The fraction of sp³-hybridized carbons (Fsp3) is 0.467. The van der Waals surface area contributed by atoms with Crippen LogP contribution in [0.2, 0.25) is 0 Å². The van der Waals surface area contributed by atoms with Crippen LogP contribution in [0.1, 0.15) is 33.3 Å². The van der Waals surface area contributed by atoms with Crippen molar-refractivity contribution in [2.24, 2.45) is 21.5 Å². The Balaban J connectivity index is 2.98. The van der Waals surface area contributed by atoms with Crippen LogP contribution in [0.15, 0.2) is 34.3 Å². The monoisotopic (exact) mass is 329 g/mol. The second-order valence-electron chi connectivity index (χ2n) is 5.58. The van der Waals surface area contributed by atoms with E-state index in [1.165, 1.54) is 12.1 Å². The molecule has 0 bridgehead atoms. The third-order valence-electron chi connectivity index (χ3n) is 3.04. The summed E-state index contributed by atoms with van der Waals surface area (Å²) in [6, 6.07) is 4.57. The van der Waals surface area contributed by atoms with Crippen molar-refractivity contribution in [1.29, 1.82) is 0 Å². The van der Waals surface area contributed by atoms with Gasteiger partial charge in [-0.25, -0.2) is 4.99 Å². The molecule has 0 heterocycles. The Hall–Kier alpha value is -2.25. The normalized spacial score (nSPS) is 13.8. The number of rotatable bonds is 3. The van der Waals surface area contributed by atoms with Crippen LogP contribution in [-0.4, -0.2) is 28.9 Å². The molecule has 1 aromatic rings. The average molecular weight is 329 g/mol. The first-order chi connectivity index (χ1) is 10.5. The van der Waals surface area contributed by atoms with E-state index in [9.17, 15) is 13.2 Å². The van der Waals surface area contributed by atoms with E-state index < -0.39 is 11.7 Å². The highest BCUT2D eigenvalue weighted by Gasteiger charge is 2.29. The van der Waals surface area contributed by atoms with Gasteiger partial charge in [-0.3, -0.25) is 0 Å². The number of nitrogens with two attached hydrogens (primary N) is 2. The van der Waals surface area contributed by atoms with Gasteiger partial charge in [-0.05, 0) is 52.0 Å². The molecule has 0 atom stereocenters. The van der Waals surface area contributed by atoms with Crippen molar-refractivity contribution in [2.45, 2.75) is 46.0 Å². The summed E-state index contributed by atoms with van der Waals surface area (Å²) in [5, 5.41) is 0. The molecule has 0 spiro atoms. The number of alkyl halides is 3. The summed E-state index contributed by atoms with van der Waals surface area (Å²) < 4.78 is 37.5. The van der Waals surface area contributed by atoms with Gasteiger partial charge in [0.1, 0.15) is 0 Å². The maximum absolute atomic E-state index is 12.5. The van der Waals surface area contributed by atoms with E-state index in [0.717, 1.165) is 12.1 Å². The Labute approximate surface area is 133 Å². The fourth-order valence-electron chi connectivity index (χ4n) is 2.18. The van der Waals surface area contributed by atoms with Crippen LogP contribution < -0.4 is 11.5 Å². The summed E-state index contributed by atoms with van der Waals surface area (Å²) in [7, 11) is 0. The van der Waals surface area contributed by atoms with Crippen molar-refractivity contribution >= 4 is 17.6 Å². The number of halogens is 3. The number of aliphatic imine (C=N–C) groups is 2. The molecule has 0 fully saturated rings. The highest BCUT2D eigenvalue weighted by molar-refractivity contribution is 5.94. The number of benzene rings is 1. The van der Waals surface area contributed by atoms with Crippen LogP contribution in [0.25, 0.3) is 0 Å². The molecule has 0 unspecified atom stereocenters. The second-order valence-corrected chi connectivity index (χ2v) is 5.58. The smallest absolute Gasteiger partial charge is 0.369 e. The van der Waals surface area contributed by atoms with Crippen LogP contribution in [0.4, 0.5) is 18.9 Å². The Kier molecular flexibility index (Phi) is 6.00. The van der Waals surface area contributed by atoms with Gasteiger partial charge in [0.25, 0.3) is 0 Å². The molecule has 5 nitrogen and oxygen atoms in total. The lowest BCUT2D eigenvalue weighted by Crippen LogP contribution is -2.47. The number of guanidine groups is 2. The molecule has 0 aliphatic carbocycles. The van der Waals surface area contributed by atoms with E-state index in [4.69, 9.17) is 11.5 Å².